The maximum absolute atomic E-state index is 11.8. The van der Waals surface area contributed by atoms with Crippen molar-refractivity contribution in [3.8, 4) is 0 Å². The molecule has 2 N–H and O–H groups in total. The summed E-state index contributed by atoms with van der Waals surface area (Å²) in [4.78, 5) is 31.0. The van der Waals surface area contributed by atoms with Gasteiger partial charge in [0, 0.05) is 56.3 Å². The Labute approximate surface area is 154 Å². The minimum Gasteiger partial charge on any atom is -0.369 e. The summed E-state index contributed by atoms with van der Waals surface area (Å²) in [6, 6.07) is 4.26. The van der Waals surface area contributed by atoms with E-state index >= 15 is 0 Å². The van der Waals surface area contributed by atoms with Crippen LogP contribution in [0.25, 0.3) is 0 Å². The number of anilines is 2. The summed E-state index contributed by atoms with van der Waals surface area (Å²) < 4.78 is 4.33. The lowest BCUT2D eigenvalue weighted by atomic mass is 10.1. The van der Waals surface area contributed by atoms with Crippen LogP contribution in [-0.2, 0) is 6.42 Å². The molecular weight excluding hydrogens is 356 g/mol. The van der Waals surface area contributed by atoms with Crippen molar-refractivity contribution in [3.63, 3.8) is 0 Å². The lowest BCUT2D eigenvalue weighted by Crippen LogP contribution is -2.32. The van der Waals surface area contributed by atoms with Crippen LogP contribution in [-0.4, -0.2) is 46.4 Å². The number of aryl methyl sites for hydroxylation is 1. The zero-order valence-corrected chi connectivity index (χ0v) is 15.2. The molecule has 1 saturated heterocycles. The second kappa shape index (κ2) is 7.65. The molecular formula is C16H20N6O3S. The van der Waals surface area contributed by atoms with E-state index in [1.54, 1.807) is 6.07 Å². The smallest absolute Gasteiger partial charge is 0.270 e. The van der Waals surface area contributed by atoms with Gasteiger partial charge in [0.15, 0.2) is 0 Å². The van der Waals surface area contributed by atoms with Crippen molar-refractivity contribution in [2.75, 3.05) is 36.0 Å². The molecule has 0 bridgehead atoms. The van der Waals surface area contributed by atoms with Crippen molar-refractivity contribution in [1.82, 2.24) is 9.36 Å². The van der Waals surface area contributed by atoms with Crippen molar-refractivity contribution < 1.29 is 9.72 Å². The summed E-state index contributed by atoms with van der Waals surface area (Å²) in [6.07, 6.45) is 1.68. The Kier molecular flexibility index (Phi) is 5.31. The minimum absolute atomic E-state index is 0.139. The van der Waals surface area contributed by atoms with Crippen LogP contribution in [0.1, 0.15) is 29.5 Å². The Morgan fingerprint density at radius 2 is 2.04 bits per heavy atom. The van der Waals surface area contributed by atoms with Crippen molar-refractivity contribution >= 4 is 33.9 Å². The highest BCUT2D eigenvalue weighted by molar-refractivity contribution is 7.09. The second-order valence-corrected chi connectivity index (χ2v) is 6.73. The number of benzene rings is 1. The van der Waals surface area contributed by atoms with Gasteiger partial charge in [-0.25, -0.2) is 4.98 Å². The number of carbonyl (C=O) groups excluding carboxylic acids is 1. The van der Waals surface area contributed by atoms with Crippen LogP contribution in [0.2, 0.25) is 0 Å². The van der Waals surface area contributed by atoms with E-state index in [2.05, 4.69) is 14.3 Å². The van der Waals surface area contributed by atoms with Crippen LogP contribution in [0.4, 0.5) is 16.5 Å². The average molecular weight is 376 g/mol. The lowest BCUT2D eigenvalue weighted by Gasteiger charge is -2.25. The zero-order valence-electron chi connectivity index (χ0n) is 14.4. The fourth-order valence-electron chi connectivity index (χ4n) is 2.98. The summed E-state index contributed by atoms with van der Waals surface area (Å²) in [5, 5.41) is 11.9. The summed E-state index contributed by atoms with van der Waals surface area (Å²) in [6.45, 7) is 4.99. The van der Waals surface area contributed by atoms with Gasteiger partial charge in [0.2, 0.25) is 5.13 Å². The van der Waals surface area contributed by atoms with Gasteiger partial charge in [0.05, 0.1) is 16.2 Å². The van der Waals surface area contributed by atoms with Crippen LogP contribution in [0.5, 0.6) is 0 Å². The molecule has 0 spiro atoms. The molecule has 10 heteroatoms. The molecule has 9 nitrogen and oxygen atoms in total. The maximum Gasteiger partial charge on any atom is 0.270 e. The summed E-state index contributed by atoms with van der Waals surface area (Å²) in [5.41, 5.74) is 6.12. The van der Waals surface area contributed by atoms with Crippen molar-refractivity contribution in [2.45, 2.75) is 19.8 Å². The number of nitro groups is 1. The van der Waals surface area contributed by atoms with Gasteiger partial charge in [0.25, 0.3) is 11.6 Å². The number of nitro benzene ring substituents is 1. The van der Waals surface area contributed by atoms with E-state index in [-0.39, 0.29) is 11.3 Å². The van der Waals surface area contributed by atoms with Crippen LogP contribution in [0.3, 0.4) is 0 Å². The first-order valence-corrected chi connectivity index (χ1v) is 9.17. The van der Waals surface area contributed by atoms with E-state index in [1.807, 2.05) is 11.8 Å². The van der Waals surface area contributed by atoms with Crippen molar-refractivity contribution in [2.24, 2.45) is 5.73 Å². The molecule has 0 saturated carbocycles. The Bertz CT molecular complexity index is 824. The molecule has 1 aromatic heterocycles. The third-order valence-electron chi connectivity index (χ3n) is 4.34. The van der Waals surface area contributed by atoms with E-state index in [0.717, 1.165) is 43.4 Å². The van der Waals surface area contributed by atoms with E-state index in [0.29, 0.717) is 12.2 Å². The maximum atomic E-state index is 11.8. The first kappa shape index (κ1) is 18.1. The van der Waals surface area contributed by atoms with E-state index in [1.165, 1.54) is 23.7 Å². The lowest BCUT2D eigenvalue weighted by molar-refractivity contribution is -0.384. The normalized spacial score (nSPS) is 15.0. The van der Waals surface area contributed by atoms with Crippen molar-refractivity contribution in [1.29, 1.82) is 0 Å². The number of rotatable bonds is 5. The van der Waals surface area contributed by atoms with E-state index in [4.69, 9.17) is 5.73 Å². The summed E-state index contributed by atoms with van der Waals surface area (Å²) in [7, 11) is 0. The Morgan fingerprint density at radius 1 is 1.31 bits per heavy atom. The molecule has 0 aliphatic carbocycles. The Balaban J connectivity index is 1.80. The highest BCUT2D eigenvalue weighted by atomic mass is 32.1. The molecule has 3 rings (SSSR count). The molecule has 1 fully saturated rings. The summed E-state index contributed by atoms with van der Waals surface area (Å²) in [5.74, 6) is 0.180. The Hall–Kier alpha value is -2.75. The van der Waals surface area contributed by atoms with Crippen LogP contribution in [0, 0.1) is 10.1 Å². The quantitative estimate of drug-likeness (QED) is 0.624. The first-order valence-electron chi connectivity index (χ1n) is 8.40. The number of hydrogen-bond acceptors (Lipinski definition) is 8. The third-order valence-corrected chi connectivity index (χ3v) is 5.15. The number of nitrogens with zero attached hydrogens (tertiary/aromatic N) is 5. The predicted molar refractivity (Wildman–Crippen MR) is 99.9 cm³/mol. The first-order chi connectivity index (χ1) is 12.5. The fourth-order valence-corrected chi connectivity index (χ4v) is 3.78. The molecule has 0 atom stereocenters. The number of nitrogens with two attached hydrogens (primary N) is 1. The molecule has 1 aliphatic rings. The zero-order chi connectivity index (χ0) is 18.7. The van der Waals surface area contributed by atoms with Gasteiger partial charge in [0.1, 0.15) is 5.82 Å². The van der Waals surface area contributed by atoms with Crippen LogP contribution >= 0.6 is 11.5 Å². The number of hydrogen-bond donors (Lipinski definition) is 1. The standard InChI is InChI=1S/C16H20N6O3S/c1-2-14-18-16(26-19-14)21-7-3-6-20(8-9-21)13-5-4-11(22(24)25)10-12(13)15(17)23/h4-5,10H,2-3,6-9H2,1H3,(H2,17,23). The van der Waals surface area contributed by atoms with Crippen LogP contribution in [0.15, 0.2) is 18.2 Å². The molecule has 1 amide bonds. The molecule has 2 aromatic rings. The number of aromatic nitrogens is 2. The number of carbonyl (C=O) groups is 1. The monoisotopic (exact) mass is 376 g/mol. The predicted octanol–water partition coefficient (Wildman–Crippen LogP) is 1.82. The van der Waals surface area contributed by atoms with Gasteiger partial charge in [-0.2, -0.15) is 4.37 Å². The number of primary amides is 1. The average Bonchev–Trinajstić information content (AvgIpc) is 2.98. The van der Waals surface area contributed by atoms with Gasteiger partial charge >= 0.3 is 0 Å². The largest absolute Gasteiger partial charge is 0.369 e. The van der Waals surface area contributed by atoms with Gasteiger partial charge in [-0.3, -0.25) is 14.9 Å². The fraction of sp³-hybridized carbons (Fsp3) is 0.438. The van der Waals surface area contributed by atoms with Crippen LogP contribution < -0.4 is 15.5 Å². The molecule has 26 heavy (non-hydrogen) atoms. The highest BCUT2D eigenvalue weighted by Gasteiger charge is 2.23. The molecule has 0 radical (unpaired) electrons. The van der Waals surface area contributed by atoms with Crippen molar-refractivity contribution in [3.05, 3.63) is 39.7 Å². The topological polar surface area (TPSA) is 118 Å². The summed E-state index contributed by atoms with van der Waals surface area (Å²) >= 11 is 1.40. The number of non-ortho nitro benzene ring substituents is 1. The van der Waals surface area contributed by atoms with Gasteiger partial charge in [-0.15, -0.1) is 0 Å². The molecule has 1 aromatic carbocycles. The van der Waals surface area contributed by atoms with E-state index in [9.17, 15) is 14.9 Å². The van der Waals surface area contributed by atoms with E-state index < -0.39 is 10.8 Å². The molecule has 1 aliphatic heterocycles. The third kappa shape index (κ3) is 3.74. The van der Waals surface area contributed by atoms with Gasteiger partial charge in [-0.1, -0.05) is 6.92 Å². The minimum atomic E-state index is -0.665. The second-order valence-electron chi connectivity index (χ2n) is 6.00. The number of amides is 1. The Morgan fingerprint density at radius 3 is 2.69 bits per heavy atom. The molecule has 2 heterocycles. The molecule has 138 valence electrons. The SMILES string of the molecule is CCc1nsc(N2CCCN(c3ccc([N+](=O)[O-])cc3C(N)=O)CC2)n1. The molecule has 0 unspecified atom stereocenters. The highest BCUT2D eigenvalue weighted by Crippen LogP contribution is 2.27. The van der Waals surface area contributed by atoms with Gasteiger partial charge < -0.3 is 15.5 Å². The van der Waals surface area contributed by atoms with Gasteiger partial charge in [-0.05, 0) is 12.5 Å².